The second-order valence-electron chi connectivity index (χ2n) is 6.13. The molecule has 2 aliphatic rings. The summed E-state index contributed by atoms with van der Waals surface area (Å²) in [5, 5.41) is 6.19. The number of nitrogens with zero attached hydrogens (tertiary/aromatic N) is 1. The van der Waals surface area contributed by atoms with Crippen molar-refractivity contribution < 1.29 is 13.2 Å². The lowest BCUT2D eigenvalue weighted by Crippen LogP contribution is -2.33. The Kier molecular flexibility index (Phi) is 4.33. The summed E-state index contributed by atoms with van der Waals surface area (Å²) in [6.07, 6.45) is 6.57. The van der Waals surface area contributed by atoms with E-state index in [1.807, 2.05) is 0 Å². The Morgan fingerprint density at radius 2 is 1.95 bits per heavy atom. The molecule has 0 radical (unpaired) electrons. The van der Waals surface area contributed by atoms with E-state index in [9.17, 15) is 13.2 Å². The smallest absolute Gasteiger partial charge is 0.270 e. The minimum absolute atomic E-state index is 0.0851. The van der Waals surface area contributed by atoms with Gasteiger partial charge in [-0.15, -0.1) is 0 Å². The highest BCUT2D eigenvalue weighted by molar-refractivity contribution is 7.91. The number of sulfone groups is 1. The predicted octanol–water partition coefficient (Wildman–Crippen LogP) is 1.35. The van der Waals surface area contributed by atoms with Gasteiger partial charge in [-0.1, -0.05) is 12.8 Å². The summed E-state index contributed by atoms with van der Waals surface area (Å²) in [5.41, 5.74) is 1.12. The molecule has 0 aromatic carbocycles. The van der Waals surface area contributed by atoms with Crippen molar-refractivity contribution in [1.82, 2.24) is 10.3 Å². The van der Waals surface area contributed by atoms with Gasteiger partial charge in [0.05, 0.1) is 11.5 Å². The molecule has 22 heavy (non-hydrogen) atoms. The molecule has 1 aromatic heterocycles. The number of pyridine rings is 1. The van der Waals surface area contributed by atoms with Gasteiger partial charge in [0.15, 0.2) is 9.84 Å². The summed E-state index contributed by atoms with van der Waals surface area (Å²) in [6, 6.07) is 3.62. The monoisotopic (exact) mass is 323 g/mol. The zero-order valence-electron chi connectivity index (χ0n) is 12.4. The molecule has 0 spiro atoms. The lowest BCUT2D eigenvalue weighted by atomic mass is 10.2. The van der Waals surface area contributed by atoms with Crippen molar-refractivity contribution in [3.05, 3.63) is 24.0 Å². The molecule has 3 rings (SSSR count). The van der Waals surface area contributed by atoms with Gasteiger partial charge in [-0.3, -0.25) is 9.78 Å². The summed E-state index contributed by atoms with van der Waals surface area (Å²) in [5.74, 6) is 0.221. The average Bonchev–Trinajstić information content (AvgIpc) is 3.09. The first-order chi connectivity index (χ1) is 10.5. The van der Waals surface area contributed by atoms with Crippen LogP contribution in [-0.2, 0) is 9.84 Å². The highest BCUT2D eigenvalue weighted by Gasteiger charge is 2.27. The minimum atomic E-state index is -2.92. The Morgan fingerprint density at radius 3 is 2.64 bits per heavy atom. The number of amides is 1. The summed E-state index contributed by atoms with van der Waals surface area (Å²) in [4.78, 5) is 16.3. The van der Waals surface area contributed by atoms with Gasteiger partial charge >= 0.3 is 0 Å². The highest BCUT2D eigenvalue weighted by Crippen LogP contribution is 2.19. The molecule has 1 saturated carbocycles. The summed E-state index contributed by atoms with van der Waals surface area (Å²) in [6.45, 7) is 0. The Labute approximate surface area is 130 Å². The largest absolute Gasteiger partial charge is 0.381 e. The van der Waals surface area contributed by atoms with E-state index in [-0.39, 0.29) is 29.5 Å². The van der Waals surface area contributed by atoms with Gasteiger partial charge in [-0.2, -0.15) is 0 Å². The molecule has 1 unspecified atom stereocenters. The van der Waals surface area contributed by atoms with E-state index in [0.717, 1.165) is 31.4 Å². The number of hydrogen-bond acceptors (Lipinski definition) is 5. The van der Waals surface area contributed by atoms with Crippen LogP contribution in [0.1, 0.15) is 42.6 Å². The van der Waals surface area contributed by atoms with E-state index in [1.54, 1.807) is 18.3 Å². The van der Waals surface area contributed by atoms with Gasteiger partial charge < -0.3 is 10.6 Å². The van der Waals surface area contributed by atoms with E-state index in [0.29, 0.717) is 12.1 Å². The maximum Gasteiger partial charge on any atom is 0.270 e. The lowest BCUT2D eigenvalue weighted by Gasteiger charge is -2.14. The van der Waals surface area contributed by atoms with E-state index in [4.69, 9.17) is 0 Å². The zero-order chi connectivity index (χ0) is 15.6. The second-order valence-corrected chi connectivity index (χ2v) is 8.36. The Balaban J connectivity index is 1.63. The van der Waals surface area contributed by atoms with Crippen molar-refractivity contribution in [2.45, 2.75) is 44.2 Å². The topological polar surface area (TPSA) is 88.2 Å². The summed E-state index contributed by atoms with van der Waals surface area (Å²) in [7, 11) is -2.92. The molecule has 1 amide bonds. The third-order valence-electron chi connectivity index (χ3n) is 4.29. The number of nitrogens with one attached hydrogen (secondary N) is 2. The van der Waals surface area contributed by atoms with Crippen LogP contribution < -0.4 is 10.6 Å². The molecule has 1 aliphatic heterocycles. The van der Waals surface area contributed by atoms with Gasteiger partial charge in [0.25, 0.3) is 5.91 Å². The van der Waals surface area contributed by atoms with Crippen molar-refractivity contribution in [3.63, 3.8) is 0 Å². The SMILES string of the molecule is O=C(NC1CCCC1)c1cc(NC2CCS(=O)(=O)C2)ccn1. The summed E-state index contributed by atoms with van der Waals surface area (Å²) >= 11 is 0. The quantitative estimate of drug-likeness (QED) is 0.873. The van der Waals surface area contributed by atoms with Crippen molar-refractivity contribution in [1.29, 1.82) is 0 Å². The average molecular weight is 323 g/mol. The molecular formula is C15H21N3O3S. The fraction of sp³-hybridized carbons (Fsp3) is 0.600. The molecule has 120 valence electrons. The van der Waals surface area contributed by atoms with E-state index >= 15 is 0 Å². The van der Waals surface area contributed by atoms with E-state index in [2.05, 4.69) is 15.6 Å². The van der Waals surface area contributed by atoms with E-state index < -0.39 is 9.84 Å². The molecule has 2 heterocycles. The zero-order valence-corrected chi connectivity index (χ0v) is 13.2. The standard InChI is InChI=1S/C15H21N3O3S/c19-15(18-11-3-1-2-4-11)14-9-12(5-7-16-14)17-13-6-8-22(20,21)10-13/h5,7,9,11,13H,1-4,6,8,10H2,(H,16,17)(H,18,19). The van der Waals surface area contributed by atoms with Gasteiger partial charge in [-0.25, -0.2) is 8.42 Å². The maximum absolute atomic E-state index is 12.2. The third kappa shape index (κ3) is 3.76. The molecule has 1 atom stereocenters. The molecule has 1 aliphatic carbocycles. The van der Waals surface area contributed by atoms with Crippen molar-refractivity contribution in [2.75, 3.05) is 16.8 Å². The number of hydrogen-bond donors (Lipinski definition) is 2. The minimum Gasteiger partial charge on any atom is -0.381 e. The van der Waals surface area contributed by atoms with Crippen molar-refractivity contribution >= 4 is 21.4 Å². The van der Waals surface area contributed by atoms with Crippen LogP contribution in [0.3, 0.4) is 0 Å². The molecule has 1 aromatic rings. The second kappa shape index (κ2) is 6.24. The fourth-order valence-corrected chi connectivity index (χ4v) is 4.79. The van der Waals surface area contributed by atoms with Crippen LogP contribution in [0.15, 0.2) is 18.3 Å². The number of rotatable bonds is 4. The molecule has 2 fully saturated rings. The Morgan fingerprint density at radius 1 is 1.18 bits per heavy atom. The van der Waals surface area contributed by atoms with Crippen LogP contribution in [0.2, 0.25) is 0 Å². The van der Waals surface area contributed by atoms with Crippen LogP contribution >= 0.6 is 0 Å². The third-order valence-corrected chi connectivity index (χ3v) is 6.05. The number of anilines is 1. The van der Waals surface area contributed by atoms with Gasteiger partial charge in [0.2, 0.25) is 0 Å². The normalized spacial score (nSPS) is 24.3. The Bertz CT molecular complexity index is 654. The van der Waals surface area contributed by atoms with Crippen LogP contribution in [0.25, 0.3) is 0 Å². The fourth-order valence-electron chi connectivity index (χ4n) is 3.12. The van der Waals surface area contributed by atoms with Crippen LogP contribution in [0.5, 0.6) is 0 Å². The Hall–Kier alpha value is -1.63. The van der Waals surface area contributed by atoms with Crippen molar-refractivity contribution in [3.8, 4) is 0 Å². The first kappa shape index (κ1) is 15.3. The first-order valence-electron chi connectivity index (χ1n) is 7.76. The van der Waals surface area contributed by atoms with Gasteiger partial charge in [-0.05, 0) is 31.4 Å². The maximum atomic E-state index is 12.2. The molecule has 6 nitrogen and oxygen atoms in total. The molecule has 7 heteroatoms. The van der Waals surface area contributed by atoms with Crippen LogP contribution in [0.4, 0.5) is 5.69 Å². The van der Waals surface area contributed by atoms with Gasteiger partial charge in [0, 0.05) is 24.0 Å². The van der Waals surface area contributed by atoms with Crippen molar-refractivity contribution in [2.24, 2.45) is 0 Å². The summed E-state index contributed by atoms with van der Waals surface area (Å²) < 4.78 is 23.0. The molecule has 0 bridgehead atoms. The van der Waals surface area contributed by atoms with Crippen LogP contribution in [-0.4, -0.2) is 42.9 Å². The first-order valence-corrected chi connectivity index (χ1v) is 9.58. The van der Waals surface area contributed by atoms with Crippen LogP contribution in [0, 0.1) is 0 Å². The van der Waals surface area contributed by atoms with Gasteiger partial charge in [0.1, 0.15) is 5.69 Å². The molecule has 1 saturated heterocycles. The molecular weight excluding hydrogens is 302 g/mol. The number of carbonyl (C=O) groups is 1. The highest BCUT2D eigenvalue weighted by atomic mass is 32.2. The predicted molar refractivity (Wildman–Crippen MR) is 84.6 cm³/mol. The molecule has 2 N–H and O–H groups in total. The number of carbonyl (C=O) groups excluding carboxylic acids is 1. The lowest BCUT2D eigenvalue weighted by molar-refractivity contribution is 0.0933. The number of aromatic nitrogens is 1. The van der Waals surface area contributed by atoms with E-state index in [1.165, 1.54) is 0 Å².